The van der Waals surface area contributed by atoms with E-state index in [2.05, 4.69) is 15.3 Å². The number of aromatic nitrogens is 2. The number of carbonyl (C=O) groups excluding carboxylic acids is 1. The quantitative estimate of drug-likeness (QED) is 0.694. The largest absolute Gasteiger partial charge is 0.326 e. The van der Waals surface area contributed by atoms with E-state index in [-0.39, 0.29) is 18.0 Å². The Hall–Kier alpha value is -2.82. The van der Waals surface area contributed by atoms with Crippen LogP contribution in [0, 0.1) is 13.8 Å². The fraction of sp³-hybridized carbons (Fsp3) is 0.176. The number of hydrogen-bond acceptors (Lipinski definition) is 2. The summed E-state index contributed by atoms with van der Waals surface area (Å²) >= 11 is 0. The topological polar surface area (TPSA) is 77.8 Å². The van der Waals surface area contributed by atoms with Crippen molar-refractivity contribution in [2.75, 3.05) is 5.32 Å². The van der Waals surface area contributed by atoms with Crippen LogP contribution in [0.1, 0.15) is 16.7 Å². The van der Waals surface area contributed by atoms with E-state index in [0.29, 0.717) is 5.52 Å². The number of rotatable bonds is 3. The van der Waals surface area contributed by atoms with Crippen molar-refractivity contribution >= 4 is 22.6 Å². The van der Waals surface area contributed by atoms with Crippen molar-refractivity contribution in [1.82, 2.24) is 9.97 Å². The smallest absolute Gasteiger partial charge is 0.323 e. The number of amides is 1. The van der Waals surface area contributed by atoms with Gasteiger partial charge in [0.15, 0.2) is 0 Å². The monoisotopic (exact) mass is 295 g/mol. The fourth-order valence-electron chi connectivity index (χ4n) is 2.52. The number of hydrogen-bond donors (Lipinski definition) is 3. The predicted molar refractivity (Wildman–Crippen MR) is 87.2 cm³/mol. The third-order valence-electron chi connectivity index (χ3n) is 3.60. The Morgan fingerprint density at radius 3 is 2.59 bits per heavy atom. The highest BCUT2D eigenvalue weighted by atomic mass is 16.1. The highest BCUT2D eigenvalue weighted by Crippen LogP contribution is 2.17. The summed E-state index contributed by atoms with van der Waals surface area (Å²) in [6.07, 6.45) is 0.260. The van der Waals surface area contributed by atoms with Crippen LogP contribution in [0.25, 0.3) is 11.0 Å². The molecule has 3 rings (SSSR count). The van der Waals surface area contributed by atoms with E-state index in [1.54, 1.807) is 6.07 Å². The molecule has 1 amide bonds. The first-order valence-corrected chi connectivity index (χ1v) is 7.09. The zero-order chi connectivity index (χ0) is 15.7. The Morgan fingerprint density at radius 1 is 1.05 bits per heavy atom. The maximum absolute atomic E-state index is 12.2. The van der Waals surface area contributed by atoms with Crippen molar-refractivity contribution in [2.45, 2.75) is 20.3 Å². The summed E-state index contributed by atoms with van der Waals surface area (Å²) in [6, 6.07) is 11.4. The Bertz CT molecular complexity index is 906. The first-order chi connectivity index (χ1) is 10.5. The first-order valence-electron chi connectivity index (χ1n) is 7.09. The summed E-state index contributed by atoms with van der Waals surface area (Å²) in [5.41, 5.74) is 5.09. The van der Waals surface area contributed by atoms with Crippen molar-refractivity contribution < 1.29 is 4.79 Å². The zero-order valence-corrected chi connectivity index (χ0v) is 12.5. The molecular formula is C17H17N3O2. The summed E-state index contributed by atoms with van der Waals surface area (Å²) in [5.74, 6) is -0.0795. The van der Waals surface area contributed by atoms with Crippen LogP contribution in [-0.4, -0.2) is 15.9 Å². The predicted octanol–water partition coefficient (Wildman–Crippen LogP) is 2.65. The molecule has 2 aromatic carbocycles. The number of aromatic amines is 2. The summed E-state index contributed by atoms with van der Waals surface area (Å²) < 4.78 is 0. The normalized spacial score (nSPS) is 10.8. The van der Waals surface area contributed by atoms with Gasteiger partial charge in [-0.1, -0.05) is 23.8 Å². The summed E-state index contributed by atoms with van der Waals surface area (Å²) in [7, 11) is 0. The van der Waals surface area contributed by atoms with Gasteiger partial charge in [0.05, 0.1) is 17.5 Å². The van der Waals surface area contributed by atoms with E-state index in [0.717, 1.165) is 27.9 Å². The molecule has 0 aliphatic heterocycles. The lowest BCUT2D eigenvalue weighted by atomic mass is 10.1. The molecule has 5 nitrogen and oxygen atoms in total. The van der Waals surface area contributed by atoms with Gasteiger partial charge >= 0.3 is 5.69 Å². The molecule has 0 radical (unpaired) electrons. The lowest BCUT2D eigenvalue weighted by Crippen LogP contribution is -2.15. The average molecular weight is 295 g/mol. The highest BCUT2D eigenvalue weighted by Gasteiger charge is 2.07. The fourth-order valence-corrected chi connectivity index (χ4v) is 2.52. The molecule has 3 aromatic rings. The lowest BCUT2D eigenvalue weighted by molar-refractivity contribution is -0.115. The van der Waals surface area contributed by atoms with E-state index in [4.69, 9.17) is 0 Å². The lowest BCUT2D eigenvalue weighted by Gasteiger charge is -2.09. The van der Waals surface area contributed by atoms with Gasteiger partial charge in [-0.15, -0.1) is 0 Å². The molecule has 0 aliphatic rings. The van der Waals surface area contributed by atoms with Gasteiger partial charge in [0.2, 0.25) is 5.91 Å². The van der Waals surface area contributed by atoms with Crippen LogP contribution in [0.15, 0.2) is 41.2 Å². The minimum absolute atomic E-state index is 0.0795. The zero-order valence-electron chi connectivity index (χ0n) is 12.5. The van der Waals surface area contributed by atoms with Crippen LogP contribution < -0.4 is 11.0 Å². The first kappa shape index (κ1) is 14.1. The summed E-state index contributed by atoms with van der Waals surface area (Å²) in [4.78, 5) is 28.8. The molecule has 5 heteroatoms. The van der Waals surface area contributed by atoms with Crippen LogP contribution in [0.5, 0.6) is 0 Å². The summed E-state index contributed by atoms with van der Waals surface area (Å²) in [6.45, 7) is 3.99. The second-order valence-electron chi connectivity index (χ2n) is 5.50. The molecule has 0 bridgehead atoms. The van der Waals surface area contributed by atoms with Crippen molar-refractivity contribution in [3.05, 3.63) is 63.6 Å². The van der Waals surface area contributed by atoms with Crippen molar-refractivity contribution in [2.24, 2.45) is 0 Å². The molecule has 0 aliphatic carbocycles. The second-order valence-corrected chi connectivity index (χ2v) is 5.50. The number of benzene rings is 2. The van der Waals surface area contributed by atoms with Crippen molar-refractivity contribution in [3.8, 4) is 0 Å². The van der Waals surface area contributed by atoms with E-state index in [1.807, 2.05) is 44.2 Å². The Balaban J connectivity index is 1.76. The van der Waals surface area contributed by atoms with E-state index >= 15 is 0 Å². The number of fused-ring (bicyclic) bond motifs is 1. The molecule has 22 heavy (non-hydrogen) atoms. The van der Waals surface area contributed by atoms with Gasteiger partial charge in [-0.3, -0.25) is 4.79 Å². The molecule has 0 saturated heterocycles. The highest BCUT2D eigenvalue weighted by molar-refractivity contribution is 5.93. The maximum Gasteiger partial charge on any atom is 0.323 e. The molecule has 112 valence electrons. The molecule has 1 aromatic heterocycles. The third-order valence-corrected chi connectivity index (χ3v) is 3.60. The Morgan fingerprint density at radius 2 is 1.82 bits per heavy atom. The van der Waals surface area contributed by atoms with Gasteiger partial charge in [0, 0.05) is 5.69 Å². The van der Waals surface area contributed by atoms with E-state index in [9.17, 15) is 9.59 Å². The van der Waals surface area contributed by atoms with Crippen LogP contribution in [-0.2, 0) is 11.2 Å². The number of H-pyrrole nitrogens is 2. The minimum atomic E-state index is -0.244. The minimum Gasteiger partial charge on any atom is -0.326 e. The van der Waals surface area contributed by atoms with Crippen molar-refractivity contribution in [1.29, 1.82) is 0 Å². The third kappa shape index (κ3) is 2.93. The van der Waals surface area contributed by atoms with Crippen LogP contribution in [0.2, 0.25) is 0 Å². The maximum atomic E-state index is 12.2. The van der Waals surface area contributed by atoms with Crippen LogP contribution >= 0.6 is 0 Å². The number of anilines is 1. The molecule has 1 heterocycles. The van der Waals surface area contributed by atoms with Gasteiger partial charge in [0.25, 0.3) is 0 Å². The molecule has 0 spiro atoms. The van der Waals surface area contributed by atoms with Gasteiger partial charge in [-0.25, -0.2) is 4.79 Å². The van der Waals surface area contributed by atoms with Crippen LogP contribution in [0.3, 0.4) is 0 Å². The van der Waals surface area contributed by atoms with Gasteiger partial charge in [-0.05, 0) is 43.2 Å². The molecular weight excluding hydrogens is 278 g/mol. The second kappa shape index (κ2) is 5.52. The molecule has 0 fully saturated rings. The molecule has 0 saturated carbocycles. The van der Waals surface area contributed by atoms with Gasteiger partial charge in [0.1, 0.15) is 0 Å². The van der Waals surface area contributed by atoms with E-state index < -0.39 is 0 Å². The van der Waals surface area contributed by atoms with E-state index in [1.165, 1.54) is 0 Å². The molecule has 0 unspecified atom stereocenters. The summed E-state index contributed by atoms with van der Waals surface area (Å²) in [5, 5.41) is 2.92. The van der Waals surface area contributed by atoms with Crippen molar-refractivity contribution in [3.63, 3.8) is 0 Å². The number of nitrogens with one attached hydrogen (secondary N) is 3. The van der Waals surface area contributed by atoms with Gasteiger partial charge < -0.3 is 15.3 Å². The number of aryl methyl sites for hydroxylation is 2. The number of imidazole rings is 1. The SMILES string of the molecule is Cc1ccc(NC(=O)Cc2ccc3[nH]c(=O)[nH]c3c2)c(C)c1. The molecule has 0 atom stereocenters. The Labute approximate surface area is 127 Å². The van der Waals surface area contributed by atoms with Crippen LogP contribution in [0.4, 0.5) is 5.69 Å². The molecule has 3 N–H and O–H groups in total. The standard InChI is InChI=1S/C17H17N3O2/c1-10-3-5-13(11(2)7-10)18-16(21)9-12-4-6-14-15(8-12)20-17(22)19-14/h3-8H,9H2,1-2H3,(H,18,21)(H2,19,20,22). The number of carbonyl (C=O) groups is 1. The average Bonchev–Trinajstić information content (AvgIpc) is 2.81. The van der Waals surface area contributed by atoms with Gasteiger partial charge in [-0.2, -0.15) is 0 Å². The Kier molecular flexibility index (Phi) is 3.55.